The van der Waals surface area contributed by atoms with Gasteiger partial charge < -0.3 is 31.5 Å². The molecule has 0 fully saturated rings. The monoisotopic (exact) mass is 470 g/mol. The first kappa shape index (κ1) is 27.1. The van der Waals surface area contributed by atoms with E-state index >= 15 is 0 Å². The summed E-state index contributed by atoms with van der Waals surface area (Å²) in [4.78, 5) is 23.8. The summed E-state index contributed by atoms with van der Waals surface area (Å²) in [7, 11) is 0. The number of hydrogen-bond donors (Lipinski definition) is 6. The van der Waals surface area contributed by atoms with E-state index in [2.05, 4.69) is 21.3 Å². The lowest BCUT2D eigenvalue weighted by molar-refractivity contribution is -0.121. The molecule has 0 bridgehead atoms. The van der Waals surface area contributed by atoms with Crippen molar-refractivity contribution in [2.75, 3.05) is 39.3 Å². The molecule has 0 aliphatic rings. The predicted octanol–water partition coefficient (Wildman–Crippen LogP) is 1.86. The van der Waals surface area contributed by atoms with Gasteiger partial charge in [-0.05, 0) is 87.3 Å². The van der Waals surface area contributed by atoms with Crippen molar-refractivity contribution in [1.29, 1.82) is 0 Å². The molecule has 0 radical (unpaired) electrons. The van der Waals surface area contributed by atoms with E-state index < -0.39 is 0 Å². The van der Waals surface area contributed by atoms with Gasteiger partial charge in [-0.15, -0.1) is 0 Å². The van der Waals surface area contributed by atoms with Crippen molar-refractivity contribution in [3.63, 3.8) is 0 Å². The molecule has 0 atom stereocenters. The molecule has 0 aromatic heterocycles. The van der Waals surface area contributed by atoms with Crippen molar-refractivity contribution in [3.8, 4) is 11.5 Å². The third-order valence-electron chi connectivity index (χ3n) is 5.26. The summed E-state index contributed by atoms with van der Waals surface area (Å²) in [6.07, 6.45) is 4.60. The van der Waals surface area contributed by atoms with Gasteiger partial charge in [0.1, 0.15) is 11.5 Å². The average Bonchev–Trinajstić information content (AvgIpc) is 2.82. The third-order valence-corrected chi connectivity index (χ3v) is 5.26. The van der Waals surface area contributed by atoms with E-state index in [9.17, 15) is 19.8 Å². The highest BCUT2D eigenvalue weighted by molar-refractivity contribution is 5.79. The number of carbonyl (C=O) groups excluding carboxylic acids is 2. The molecule has 0 aliphatic heterocycles. The van der Waals surface area contributed by atoms with Crippen LogP contribution in [-0.2, 0) is 22.4 Å². The average molecular weight is 471 g/mol. The second kappa shape index (κ2) is 16.5. The van der Waals surface area contributed by atoms with Crippen LogP contribution in [0.2, 0.25) is 0 Å². The van der Waals surface area contributed by atoms with Crippen LogP contribution < -0.4 is 21.3 Å². The lowest BCUT2D eigenvalue weighted by Gasteiger charge is -2.08. The van der Waals surface area contributed by atoms with Gasteiger partial charge in [0.15, 0.2) is 0 Å². The van der Waals surface area contributed by atoms with E-state index in [1.54, 1.807) is 48.5 Å². The quantitative estimate of drug-likeness (QED) is 0.196. The number of phenolic OH excluding ortho intramolecular Hbond substituents is 2. The molecule has 0 heterocycles. The van der Waals surface area contributed by atoms with Gasteiger partial charge in [-0.25, -0.2) is 0 Å². The van der Waals surface area contributed by atoms with Gasteiger partial charge in [0, 0.05) is 13.1 Å². The number of hydrogen-bond acceptors (Lipinski definition) is 6. The maximum Gasteiger partial charge on any atom is 0.224 e. The Morgan fingerprint density at radius 3 is 1.26 bits per heavy atom. The molecule has 2 rings (SSSR count). The summed E-state index contributed by atoms with van der Waals surface area (Å²) in [5, 5.41) is 31.1. The van der Waals surface area contributed by atoms with Crippen LogP contribution in [0.1, 0.15) is 36.8 Å². The van der Waals surface area contributed by atoms with E-state index in [0.29, 0.717) is 25.9 Å². The zero-order chi connectivity index (χ0) is 24.4. The molecule has 34 heavy (non-hydrogen) atoms. The van der Waals surface area contributed by atoms with Crippen molar-refractivity contribution in [2.24, 2.45) is 0 Å². The summed E-state index contributed by atoms with van der Waals surface area (Å²) in [6.45, 7) is 4.95. The first-order chi connectivity index (χ1) is 16.5. The Morgan fingerprint density at radius 1 is 0.529 bits per heavy atom. The highest BCUT2D eigenvalue weighted by atomic mass is 16.3. The van der Waals surface area contributed by atoms with Crippen molar-refractivity contribution in [2.45, 2.75) is 38.5 Å². The fourth-order valence-electron chi connectivity index (χ4n) is 3.36. The van der Waals surface area contributed by atoms with Gasteiger partial charge in [0.05, 0.1) is 12.8 Å². The van der Waals surface area contributed by atoms with E-state index in [4.69, 9.17) is 0 Å². The van der Waals surface area contributed by atoms with E-state index in [1.165, 1.54) is 0 Å². The lowest BCUT2D eigenvalue weighted by atomic mass is 10.1. The highest BCUT2D eigenvalue weighted by Gasteiger charge is 2.04. The van der Waals surface area contributed by atoms with Crippen molar-refractivity contribution < 1.29 is 19.8 Å². The molecule has 2 aromatic rings. The van der Waals surface area contributed by atoms with E-state index in [0.717, 1.165) is 63.0 Å². The lowest BCUT2D eigenvalue weighted by Crippen LogP contribution is -2.29. The number of phenols is 2. The summed E-state index contributed by atoms with van der Waals surface area (Å²) in [6, 6.07) is 13.4. The number of aromatic hydroxyl groups is 2. The first-order valence-electron chi connectivity index (χ1n) is 12.0. The number of benzene rings is 2. The molecule has 2 amide bonds. The molecule has 6 N–H and O–H groups in total. The van der Waals surface area contributed by atoms with Crippen LogP contribution in [0.25, 0.3) is 0 Å². The Labute approximate surface area is 202 Å². The van der Waals surface area contributed by atoms with Crippen molar-refractivity contribution in [1.82, 2.24) is 21.3 Å². The standard InChI is InChI=1S/C26H38N4O4/c31-23-9-5-21(6-10-23)19-25(33)29-17-3-15-27-13-1-2-14-28-16-4-18-30-26(34)20-22-7-11-24(32)12-8-22/h5-12,27-28,31-32H,1-4,13-20H2,(H,29,33)(H,30,34). The van der Waals surface area contributed by atoms with Crippen molar-refractivity contribution in [3.05, 3.63) is 59.7 Å². The minimum Gasteiger partial charge on any atom is -0.508 e. The molecule has 0 aliphatic carbocycles. The van der Waals surface area contributed by atoms with Crippen LogP contribution in [0.4, 0.5) is 0 Å². The fourth-order valence-corrected chi connectivity index (χ4v) is 3.36. The molecule has 2 aromatic carbocycles. The zero-order valence-electron chi connectivity index (χ0n) is 19.8. The number of amides is 2. The maximum absolute atomic E-state index is 11.9. The summed E-state index contributed by atoms with van der Waals surface area (Å²) in [5.74, 6) is 0.396. The Morgan fingerprint density at radius 2 is 0.882 bits per heavy atom. The van der Waals surface area contributed by atoms with Crippen LogP contribution in [0.3, 0.4) is 0 Å². The van der Waals surface area contributed by atoms with Gasteiger partial charge >= 0.3 is 0 Å². The molecule has 0 spiro atoms. The molecule has 0 saturated carbocycles. The molecular weight excluding hydrogens is 432 g/mol. The fraction of sp³-hybridized carbons (Fsp3) is 0.462. The second-order valence-corrected chi connectivity index (χ2v) is 8.30. The Kier molecular flexibility index (Phi) is 13.2. The van der Waals surface area contributed by atoms with Gasteiger partial charge in [-0.3, -0.25) is 9.59 Å². The summed E-state index contributed by atoms with van der Waals surface area (Å²) in [5.41, 5.74) is 1.77. The molecular formula is C26H38N4O4. The minimum atomic E-state index is -0.00586. The van der Waals surface area contributed by atoms with Crippen molar-refractivity contribution >= 4 is 11.8 Å². The maximum atomic E-state index is 11.9. The topological polar surface area (TPSA) is 123 Å². The predicted molar refractivity (Wildman–Crippen MR) is 134 cm³/mol. The van der Waals surface area contributed by atoms with Crippen LogP contribution in [-0.4, -0.2) is 61.3 Å². The largest absolute Gasteiger partial charge is 0.508 e. The Bertz CT molecular complexity index is 769. The van der Waals surface area contributed by atoms with Gasteiger partial charge in [-0.2, -0.15) is 0 Å². The Hall–Kier alpha value is -3.10. The highest BCUT2D eigenvalue weighted by Crippen LogP contribution is 2.10. The summed E-state index contributed by atoms with van der Waals surface area (Å²) < 4.78 is 0. The minimum absolute atomic E-state index is 0.00586. The van der Waals surface area contributed by atoms with Gasteiger partial charge in [-0.1, -0.05) is 24.3 Å². The molecule has 0 saturated heterocycles. The molecule has 8 heteroatoms. The Balaban J connectivity index is 1.32. The number of carbonyl (C=O) groups is 2. The second-order valence-electron chi connectivity index (χ2n) is 8.30. The smallest absolute Gasteiger partial charge is 0.224 e. The SMILES string of the molecule is O=C(Cc1ccc(O)cc1)NCCCNCCCCNCCCNC(=O)Cc1ccc(O)cc1. The van der Waals surface area contributed by atoms with Crippen LogP contribution in [0.5, 0.6) is 11.5 Å². The zero-order valence-corrected chi connectivity index (χ0v) is 19.8. The number of unbranched alkanes of at least 4 members (excludes halogenated alkanes) is 1. The molecule has 8 nitrogen and oxygen atoms in total. The van der Waals surface area contributed by atoms with Gasteiger partial charge in [0.2, 0.25) is 11.8 Å². The normalized spacial score (nSPS) is 10.7. The summed E-state index contributed by atoms with van der Waals surface area (Å²) >= 11 is 0. The van der Waals surface area contributed by atoms with E-state index in [-0.39, 0.29) is 23.3 Å². The number of nitrogens with one attached hydrogen (secondary N) is 4. The molecule has 0 unspecified atom stereocenters. The number of rotatable bonds is 17. The van der Waals surface area contributed by atoms with Gasteiger partial charge in [0.25, 0.3) is 0 Å². The van der Waals surface area contributed by atoms with Crippen LogP contribution >= 0.6 is 0 Å². The van der Waals surface area contributed by atoms with E-state index in [1.807, 2.05) is 0 Å². The van der Waals surface area contributed by atoms with Crippen LogP contribution in [0, 0.1) is 0 Å². The third kappa shape index (κ3) is 12.8. The first-order valence-corrected chi connectivity index (χ1v) is 12.0. The molecule has 186 valence electrons. The van der Waals surface area contributed by atoms with Crippen LogP contribution in [0.15, 0.2) is 48.5 Å².